The molecule has 0 unspecified atom stereocenters. The molecule has 1 aliphatic heterocycles. The number of carbonyl (C=O) groups excluding carboxylic acids is 1. The first-order valence-electron chi connectivity index (χ1n) is 6.36. The monoisotopic (exact) mass is 256 g/mol. The number of rotatable bonds is 2. The molecule has 1 aromatic carbocycles. The Morgan fingerprint density at radius 2 is 2.26 bits per heavy atom. The number of aromatic nitrogens is 2. The van der Waals surface area contributed by atoms with E-state index in [1.165, 1.54) is 11.1 Å². The van der Waals surface area contributed by atoms with Gasteiger partial charge in [-0.2, -0.15) is 5.10 Å². The molecule has 0 bridgehead atoms. The fraction of sp³-hybridized carbons (Fsp3) is 0.286. The summed E-state index contributed by atoms with van der Waals surface area (Å²) in [6, 6.07) is 7.77. The van der Waals surface area contributed by atoms with Crippen molar-refractivity contribution in [2.75, 3.05) is 11.9 Å². The minimum Gasteiger partial charge on any atom is -0.321 e. The quantitative estimate of drug-likeness (QED) is 0.852. The van der Waals surface area contributed by atoms with Crippen molar-refractivity contribution < 1.29 is 4.79 Å². The third-order valence-corrected chi connectivity index (χ3v) is 3.30. The van der Waals surface area contributed by atoms with E-state index in [2.05, 4.69) is 21.8 Å². The molecule has 2 N–H and O–H groups in total. The van der Waals surface area contributed by atoms with Gasteiger partial charge >= 0.3 is 0 Å². The second kappa shape index (κ2) is 4.85. The molecule has 0 fully saturated rings. The number of fused-ring (bicyclic) bond motifs is 1. The van der Waals surface area contributed by atoms with E-state index in [9.17, 15) is 4.79 Å². The molecular weight excluding hydrogens is 240 g/mol. The van der Waals surface area contributed by atoms with Crippen LogP contribution in [0.5, 0.6) is 0 Å². The van der Waals surface area contributed by atoms with Gasteiger partial charge in [-0.25, -0.2) is 0 Å². The normalized spacial score (nSPS) is 13.9. The first-order valence-corrected chi connectivity index (χ1v) is 6.36. The largest absolute Gasteiger partial charge is 0.321 e. The number of amides is 1. The average molecular weight is 256 g/mol. The van der Waals surface area contributed by atoms with Gasteiger partial charge in [0.05, 0.1) is 0 Å². The van der Waals surface area contributed by atoms with Crippen LogP contribution < -0.4 is 10.6 Å². The predicted octanol–water partition coefficient (Wildman–Crippen LogP) is 1.32. The van der Waals surface area contributed by atoms with E-state index in [0.717, 1.165) is 25.2 Å². The van der Waals surface area contributed by atoms with Crippen molar-refractivity contribution >= 4 is 11.6 Å². The molecule has 0 saturated heterocycles. The van der Waals surface area contributed by atoms with Crippen molar-refractivity contribution in [3.8, 4) is 0 Å². The second-order valence-corrected chi connectivity index (χ2v) is 4.74. The van der Waals surface area contributed by atoms with Crippen molar-refractivity contribution in [2.24, 2.45) is 7.05 Å². The highest BCUT2D eigenvalue weighted by Crippen LogP contribution is 2.19. The number of carbonyl (C=O) groups is 1. The van der Waals surface area contributed by atoms with Crippen molar-refractivity contribution in [3.05, 3.63) is 47.3 Å². The van der Waals surface area contributed by atoms with Crippen molar-refractivity contribution in [1.29, 1.82) is 0 Å². The Morgan fingerprint density at radius 1 is 1.37 bits per heavy atom. The SMILES string of the molecule is Cn1ccc(C(=O)Nc2ccc3c(c2)CNCC3)n1. The van der Waals surface area contributed by atoms with E-state index < -0.39 is 0 Å². The Morgan fingerprint density at radius 3 is 3.05 bits per heavy atom. The summed E-state index contributed by atoms with van der Waals surface area (Å²) in [4.78, 5) is 12.0. The molecule has 98 valence electrons. The molecule has 5 heteroatoms. The average Bonchev–Trinajstić information content (AvgIpc) is 2.85. The maximum atomic E-state index is 12.0. The fourth-order valence-corrected chi connectivity index (χ4v) is 2.29. The highest BCUT2D eigenvalue weighted by atomic mass is 16.1. The van der Waals surface area contributed by atoms with Gasteiger partial charge in [0.15, 0.2) is 5.69 Å². The summed E-state index contributed by atoms with van der Waals surface area (Å²) in [7, 11) is 1.79. The number of hydrogen-bond donors (Lipinski definition) is 2. The summed E-state index contributed by atoms with van der Waals surface area (Å²) in [5, 5.41) is 10.3. The molecule has 0 saturated carbocycles. The molecule has 1 amide bonds. The van der Waals surface area contributed by atoms with Crippen LogP contribution in [0, 0.1) is 0 Å². The molecule has 0 spiro atoms. The van der Waals surface area contributed by atoms with E-state index in [-0.39, 0.29) is 5.91 Å². The molecule has 1 aromatic heterocycles. The summed E-state index contributed by atoms with van der Waals surface area (Å²) in [6.07, 6.45) is 2.80. The number of aryl methyl sites for hydroxylation is 1. The molecule has 0 atom stereocenters. The molecular formula is C14H16N4O. The first-order chi connectivity index (χ1) is 9.22. The van der Waals surface area contributed by atoms with Crippen LogP contribution in [0.15, 0.2) is 30.5 Å². The number of nitrogens with one attached hydrogen (secondary N) is 2. The van der Waals surface area contributed by atoms with E-state index in [1.807, 2.05) is 12.1 Å². The smallest absolute Gasteiger partial charge is 0.276 e. The van der Waals surface area contributed by atoms with Gasteiger partial charge in [0.2, 0.25) is 0 Å². The number of hydrogen-bond acceptors (Lipinski definition) is 3. The highest BCUT2D eigenvalue weighted by Gasteiger charge is 2.12. The predicted molar refractivity (Wildman–Crippen MR) is 73.0 cm³/mol. The van der Waals surface area contributed by atoms with Crippen molar-refractivity contribution in [2.45, 2.75) is 13.0 Å². The maximum absolute atomic E-state index is 12.0. The van der Waals surface area contributed by atoms with Crippen LogP contribution in [-0.2, 0) is 20.0 Å². The van der Waals surface area contributed by atoms with Gasteiger partial charge in [-0.05, 0) is 42.3 Å². The Hall–Kier alpha value is -2.14. The number of anilines is 1. The maximum Gasteiger partial charge on any atom is 0.276 e. The van der Waals surface area contributed by atoms with Gasteiger partial charge in [-0.3, -0.25) is 9.48 Å². The van der Waals surface area contributed by atoms with Crippen LogP contribution in [-0.4, -0.2) is 22.2 Å². The number of nitrogens with zero attached hydrogens (tertiary/aromatic N) is 2. The zero-order valence-electron chi connectivity index (χ0n) is 10.8. The summed E-state index contributed by atoms with van der Waals surface area (Å²) >= 11 is 0. The minimum atomic E-state index is -0.177. The van der Waals surface area contributed by atoms with Crippen molar-refractivity contribution in [3.63, 3.8) is 0 Å². The van der Waals surface area contributed by atoms with E-state index >= 15 is 0 Å². The third kappa shape index (κ3) is 2.51. The number of benzene rings is 1. The summed E-state index contributed by atoms with van der Waals surface area (Å²) in [5.41, 5.74) is 3.86. The summed E-state index contributed by atoms with van der Waals surface area (Å²) in [5.74, 6) is -0.177. The minimum absolute atomic E-state index is 0.177. The summed E-state index contributed by atoms with van der Waals surface area (Å²) < 4.78 is 1.62. The van der Waals surface area contributed by atoms with Gasteiger partial charge < -0.3 is 10.6 Å². The molecule has 2 aromatic rings. The molecule has 0 radical (unpaired) electrons. The van der Waals surface area contributed by atoms with Crippen LogP contribution >= 0.6 is 0 Å². The molecule has 3 rings (SSSR count). The van der Waals surface area contributed by atoms with Gasteiger partial charge in [-0.15, -0.1) is 0 Å². The van der Waals surface area contributed by atoms with Crippen LogP contribution in [0.1, 0.15) is 21.6 Å². The zero-order chi connectivity index (χ0) is 13.2. The van der Waals surface area contributed by atoms with E-state index in [0.29, 0.717) is 5.69 Å². The van der Waals surface area contributed by atoms with Crippen LogP contribution in [0.25, 0.3) is 0 Å². The molecule has 5 nitrogen and oxygen atoms in total. The Bertz CT molecular complexity index is 618. The summed E-state index contributed by atoms with van der Waals surface area (Å²) in [6.45, 7) is 1.88. The lowest BCUT2D eigenvalue weighted by molar-refractivity contribution is 0.102. The molecule has 0 aliphatic carbocycles. The van der Waals surface area contributed by atoms with Crippen LogP contribution in [0.2, 0.25) is 0 Å². The standard InChI is InChI=1S/C14H16N4O/c1-18-7-5-13(17-18)14(19)16-12-3-2-10-4-6-15-9-11(10)8-12/h2-3,5,7-8,15H,4,6,9H2,1H3,(H,16,19). The van der Waals surface area contributed by atoms with E-state index in [1.54, 1.807) is 24.0 Å². The first kappa shape index (κ1) is 11.9. The molecule has 1 aliphatic rings. The van der Waals surface area contributed by atoms with Crippen LogP contribution in [0.3, 0.4) is 0 Å². The topological polar surface area (TPSA) is 59.0 Å². The van der Waals surface area contributed by atoms with Gasteiger partial charge in [0, 0.05) is 25.5 Å². The highest BCUT2D eigenvalue weighted by molar-refractivity contribution is 6.02. The lowest BCUT2D eigenvalue weighted by atomic mass is 10.0. The van der Waals surface area contributed by atoms with Gasteiger partial charge in [0.25, 0.3) is 5.91 Å². The Kier molecular flexibility index (Phi) is 3.05. The lowest BCUT2D eigenvalue weighted by Gasteiger charge is -2.17. The third-order valence-electron chi connectivity index (χ3n) is 3.30. The van der Waals surface area contributed by atoms with E-state index in [4.69, 9.17) is 0 Å². The second-order valence-electron chi connectivity index (χ2n) is 4.74. The molecule has 19 heavy (non-hydrogen) atoms. The molecule has 2 heterocycles. The fourth-order valence-electron chi connectivity index (χ4n) is 2.29. The van der Waals surface area contributed by atoms with Gasteiger partial charge in [0.1, 0.15) is 0 Å². The Labute approximate surface area is 111 Å². The Balaban J connectivity index is 1.78. The lowest BCUT2D eigenvalue weighted by Crippen LogP contribution is -2.23. The van der Waals surface area contributed by atoms with Crippen LogP contribution in [0.4, 0.5) is 5.69 Å². The zero-order valence-corrected chi connectivity index (χ0v) is 10.8. The van der Waals surface area contributed by atoms with Crippen molar-refractivity contribution in [1.82, 2.24) is 15.1 Å². The van der Waals surface area contributed by atoms with Gasteiger partial charge in [-0.1, -0.05) is 6.07 Å².